The van der Waals surface area contributed by atoms with Crippen molar-refractivity contribution in [3.05, 3.63) is 42.9 Å². The van der Waals surface area contributed by atoms with Crippen LogP contribution in [0.3, 0.4) is 0 Å². The van der Waals surface area contributed by atoms with Crippen molar-refractivity contribution < 1.29 is 4.74 Å². The lowest BCUT2D eigenvalue weighted by molar-refractivity contribution is 0.0984. The number of rotatable bonds is 3. The Hall–Kier alpha value is -3.13. The number of nitrogens with zero attached hydrogens (tertiary/aromatic N) is 6. The fourth-order valence-corrected chi connectivity index (χ4v) is 3.67. The van der Waals surface area contributed by atoms with Gasteiger partial charge in [0.1, 0.15) is 0 Å². The largest absolute Gasteiger partial charge is 0.377 e. The highest BCUT2D eigenvalue weighted by atomic mass is 16.5. The quantitative estimate of drug-likeness (QED) is 0.605. The van der Waals surface area contributed by atoms with Gasteiger partial charge in [0.2, 0.25) is 0 Å². The molecule has 5 rings (SSSR count). The van der Waals surface area contributed by atoms with Crippen LogP contribution in [0.1, 0.15) is 6.92 Å². The van der Waals surface area contributed by atoms with Gasteiger partial charge in [0, 0.05) is 31.5 Å². The molecule has 0 bridgehead atoms. The lowest BCUT2D eigenvalue weighted by Gasteiger charge is -2.34. The van der Waals surface area contributed by atoms with Crippen LogP contribution in [0.5, 0.6) is 0 Å². The van der Waals surface area contributed by atoms with Crippen LogP contribution in [0, 0.1) is 0 Å². The number of hydrogen-bond acceptors (Lipinski definition) is 5. The van der Waals surface area contributed by atoms with Crippen molar-refractivity contribution in [2.24, 2.45) is 7.05 Å². The van der Waals surface area contributed by atoms with Gasteiger partial charge in [0.05, 0.1) is 42.4 Å². The number of anilines is 1. The van der Waals surface area contributed by atoms with E-state index in [0.29, 0.717) is 13.2 Å². The van der Waals surface area contributed by atoms with Gasteiger partial charge < -0.3 is 14.6 Å². The van der Waals surface area contributed by atoms with Crippen LogP contribution < -0.4 is 4.90 Å². The molecule has 1 N–H and O–H groups in total. The van der Waals surface area contributed by atoms with Crippen LogP contribution in [-0.4, -0.2) is 55.2 Å². The summed E-state index contributed by atoms with van der Waals surface area (Å²) in [4.78, 5) is 10.2. The van der Waals surface area contributed by atoms with Crippen molar-refractivity contribution in [1.82, 2.24) is 29.4 Å². The van der Waals surface area contributed by atoms with Gasteiger partial charge in [-0.1, -0.05) is 0 Å². The van der Waals surface area contributed by atoms with E-state index in [-0.39, 0.29) is 6.04 Å². The molecular formula is C19H21N7O. The van der Waals surface area contributed by atoms with Crippen molar-refractivity contribution >= 4 is 11.3 Å². The second-order valence-electron chi connectivity index (χ2n) is 6.84. The molecule has 0 amide bonds. The fourth-order valence-electron chi connectivity index (χ4n) is 3.67. The Labute approximate surface area is 156 Å². The summed E-state index contributed by atoms with van der Waals surface area (Å²) in [6.07, 6.45) is 5.58. The molecule has 5 heterocycles. The summed E-state index contributed by atoms with van der Waals surface area (Å²) >= 11 is 0. The lowest BCUT2D eigenvalue weighted by Crippen LogP contribution is -2.44. The first kappa shape index (κ1) is 16.1. The number of aromatic amines is 1. The molecule has 0 saturated carbocycles. The molecule has 1 fully saturated rings. The van der Waals surface area contributed by atoms with Gasteiger partial charge >= 0.3 is 0 Å². The highest BCUT2D eigenvalue weighted by Crippen LogP contribution is 2.31. The highest BCUT2D eigenvalue weighted by Gasteiger charge is 2.24. The van der Waals surface area contributed by atoms with Gasteiger partial charge in [0.15, 0.2) is 11.6 Å². The number of morpholine rings is 1. The molecule has 1 aliphatic heterocycles. The number of H-pyrrole nitrogens is 1. The molecule has 0 aromatic carbocycles. The predicted molar refractivity (Wildman–Crippen MR) is 103 cm³/mol. The van der Waals surface area contributed by atoms with E-state index in [9.17, 15) is 0 Å². The van der Waals surface area contributed by atoms with Crippen molar-refractivity contribution in [1.29, 1.82) is 0 Å². The molecule has 0 aliphatic carbocycles. The third-order valence-corrected chi connectivity index (χ3v) is 5.09. The molecule has 8 nitrogen and oxygen atoms in total. The molecule has 138 valence electrons. The third kappa shape index (κ3) is 2.60. The number of nitrogens with one attached hydrogen (secondary N) is 1. The zero-order chi connectivity index (χ0) is 18.4. The molecule has 4 aromatic heterocycles. The van der Waals surface area contributed by atoms with Crippen LogP contribution in [0.4, 0.5) is 5.82 Å². The van der Waals surface area contributed by atoms with Crippen molar-refractivity contribution in [3.8, 4) is 22.8 Å². The second kappa shape index (κ2) is 6.24. The number of imidazole rings is 1. The first-order valence-electron chi connectivity index (χ1n) is 9.07. The van der Waals surface area contributed by atoms with Gasteiger partial charge in [-0.15, -0.1) is 5.10 Å². The summed E-state index contributed by atoms with van der Waals surface area (Å²) in [7, 11) is 1.95. The summed E-state index contributed by atoms with van der Waals surface area (Å²) in [5, 5.41) is 9.28. The van der Waals surface area contributed by atoms with Gasteiger partial charge in [0.25, 0.3) is 0 Å². The zero-order valence-corrected chi connectivity index (χ0v) is 15.3. The van der Waals surface area contributed by atoms with E-state index < -0.39 is 0 Å². The van der Waals surface area contributed by atoms with Crippen LogP contribution in [-0.2, 0) is 11.8 Å². The Balaban J connectivity index is 1.76. The summed E-state index contributed by atoms with van der Waals surface area (Å²) in [6, 6.07) is 8.38. The summed E-state index contributed by atoms with van der Waals surface area (Å²) < 4.78 is 9.40. The zero-order valence-electron chi connectivity index (χ0n) is 15.3. The predicted octanol–water partition coefficient (Wildman–Crippen LogP) is 2.35. The van der Waals surface area contributed by atoms with Crippen molar-refractivity contribution in [3.63, 3.8) is 0 Å². The minimum Gasteiger partial charge on any atom is -0.377 e. The smallest absolute Gasteiger partial charge is 0.177 e. The maximum absolute atomic E-state index is 5.60. The van der Waals surface area contributed by atoms with Crippen molar-refractivity contribution in [2.45, 2.75) is 13.0 Å². The van der Waals surface area contributed by atoms with E-state index in [4.69, 9.17) is 9.84 Å². The standard InChI is InChI=1S/C19H21N7O/c1-13-12-27-9-8-25(13)18-10-14(16-5-7-22-24(16)2)17-11-21-19(26(17)23-18)15-4-3-6-20-15/h3-7,10-11,13,20H,8-9,12H2,1-2H3. The molecule has 0 radical (unpaired) electrons. The average molecular weight is 363 g/mol. The topological polar surface area (TPSA) is 76.3 Å². The normalized spacial score (nSPS) is 17.7. The Kier molecular flexibility index (Phi) is 3.71. The van der Waals surface area contributed by atoms with E-state index in [2.05, 4.69) is 33.0 Å². The van der Waals surface area contributed by atoms with E-state index in [0.717, 1.165) is 40.7 Å². The molecule has 8 heteroatoms. The molecule has 1 atom stereocenters. The van der Waals surface area contributed by atoms with Gasteiger partial charge in [-0.2, -0.15) is 5.10 Å². The molecule has 0 spiro atoms. The molecule has 4 aromatic rings. The molecular weight excluding hydrogens is 342 g/mol. The second-order valence-corrected chi connectivity index (χ2v) is 6.84. The van der Waals surface area contributed by atoms with Crippen LogP contribution >= 0.6 is 0 Å². The third-order valence-electron chi connectivity index (χ3n) is 5.09. The minimum absolute atomic E-state index is 0.264. The first-order valence-corrected chi connectivity index (χ1v) is 9.07. The summed E-state index contributed by atoms with van der Waals surface area (Å²) in [5.74, 6) is 1.71. The number of aromatic nitrogens is 6. The number of hydrogen-bond donors (Lipinski definition) is 1. The Morgan fingerprint density at radius 2 is 2.22 bits per heavy atom. The van der Waals surface area contributed by atoms with Crippen LogP contribution in [0.15, 0.2) is 42.9 Å². The monoisotopic (exact) mass is 363 g/mol. The number of fused-ring (bicyclic) bond motifs is 1. The minimum atomic E-state index is 0.264. The number of aryl methyl sites for hydroxylation is 1. The maximum Gasteiger partial charge on any atom is 0.177 e. The lowest BCUT2D eigenvalue weighted by atomic mass is 10.1. The Morgan fingerprint density at radius 3 is 2.96 bits per heavy atom. The SMILES string of the molecule is CC1COCCN1c1cc(-c2ccnn2C)c2cnc(-c3ccc[nH]3)n2n1. The van der Waals surface area contributed by atoms with E-state index in [1.165, 1.54) is 0 Å². The van der Waals surface area contributed by atoms with Gasteiger partial charge in [-0.05, 0) is 31.2 Å². The molecule has 1 aliphatic rings. The maximum atomic E-state index is 5.60. The average Bonchev–Trinajstić information content (AvgIpc) is 3.41. The highest BCUT2D eigenvalue weighted by molar-refractivity contribution is 5.81. The fraction of sp³-hybridized carbons (Fsp3) is 0.316. The Morgan fingerprint density at radius 1 is 1.30 bits per heavy atom. The van der Waals surface area contributed by atoms with Gasteiger partial charge in [-0.3, -0.25) is 4.68 Å². The molecule has 1 saturated heterocycles. The van der Waals surface area contributed by atoms with E-state index in [1.807, 2.05) is 53.0 Å². The van der Waals surface area contributed by atoms with E-state index >= 15 is 0 Å². The molecule has 1 unspecified atom stereocenters. The molecule has 27 heavy (non-hydrogen) atoms. The number of ether oxygens (including phenoxy) is 1. The summed E-state index contributed by atoms with van der Waals surface area (Å²) in [6.45, 7) is 4.39. The Bertz CT molecular complexity index is 1080. The van der Waals surface area contributed by atoms with Crippen molar-refractivity contribution in [2.75, 3.05) is 24.7 Å². The van der Waals surface area contributed by atoms with Crippen LogP contribution in [0.25, 0.3) is 28.3 Å². The van der Waals surface area contributed by atoms with Crippen LogP contribution in [0.2, 0.25) is 0 Å². The van der Waals surface area contributed by atoms with Gasteiger partial charge in [-0.25, -0.2) is 9.50 Å². The van der Waals surface area contributed by atoms with E-state index in [1.54, 1.807) is 0 Å². The first-order chi connectivity index (χ1) is 13.2. The summed E-state index contributed by atoms with van der Waals surface area (Å²) in [5.41, 5.74) is 3.98.